The molecule has 1 N–H and O–H groups in total. The van der Waals surface area contributed by atoms with Crippen LogP contribution < -0.4 is 0 Å². The van der Waals surface area contributed by atoms with Crippen molar-refractivity contribution in [2.45, 2.75) is 103 Å². The Kier molecular flexibility index (Phi) is 15.0. The first kappa shape index (κ1) is 22.6. The zero-order valence-corrected chi connectivity index (χ0v) is 16.1. The maximum atomic E-state index is 11.6. The lowest BCUT2D eigenvalue weighted by atomic mass is 10.0. The molecule has 0 heterocycles. The van der Waals surface area contributed by atoms with E-state index >= 15 is 0 Å². The highest BCUT2D eigenvalue weighted by Gasteiger charge is 2.15. The Labute approximate surface area is 144 Å². The summed E-state index contributed by atoms with van der Waals surface area (Å²) in [5.74, 6) is 0. The van der Waals surface area contributed by atoms with Gasteiger partial charge in [-0.15, -0.1) is 0 Å². The Morgan fingerprint density at radius 1 is 0.826 bits per heavy atom. The number of rotatable bonds is 16. The maximum absolute atomic E-state index is 11.6. The van der Waals surface area contributed by atoms with Gasteiger partial charge in [0.05, 0.1) is 11.9 Å². The molecule has 0 rings (SSSR count). The Balaban J connectivity index is 3.37. The van der Waals surface area contributed by atoms with Gasteiger partial charge in [-0.3, -0.25) is 0 Å². The minimum Gasteiger partial charge on any atom is -0.395 e. The number of hydrogen-bond donors (Lipinski definition) is 1. The fraction of sp³-hybridized carbons (Fsp3) is 0.895. The SMILES string of the molecule is CCCCCCCCCCCCCC/C=C/S(=O)(=O)C(C)CO. The molecule has 0 aliphatic carbocycles. The van der Waals surface area contributed by atoms with Gasteiger partial charge in [0, 0.05) is 5.41 Å². The number of hydrogen-bond acceptors (Lipinski definition) is 3. The Morgan fingerprint density at radius 3 is 1.70 bits per heavy atom. The zero-order chi connectivity index (χ0) is 17.4. The van der Waals surface area contributed by atoms with Gasteiger partial charge in [0.1, 0.15) is 0 Å². The third-order valence-electron chi connectivity index (χ3n) is 4.33. The number of aliphatic hydroxyl groups excluding tert-OH is 1. The predicted octanol–water partition coefficient (Wildman–Crippen LogP) is 5.39. The monoisotopic (exact) mass is 346 g/mol. The van der Waals surface area contributed by atoms with Crippen LogP contribution in [-0.4, -0.2) is 25.4 Å². The molecule has 0 aliphatic heterocycles. The Morgan fingerprint density at radius 2 is 1.26 bits per heavy atom. The van der Waals surface area contributed by atoms with E-state index in [9.17, 15) is 8.42 Å². The number of allylic oxidation sites excluding steroid dienone is 1. The largest absolute Gasteiger partial charge is 0.395 e. The summed E-state index contributed by atoms with van der Waals surface area (Å²) in [4.78, 5) is 0. The molecule has 138 valence electrons. The second-order valence-corrected chi connectivity index (χ2v) is 8.89. The van der Waals surface area contributed by atoms with Crippen molar-refractivity contribution >= 4 is 9.84 Å². The molecule has 0 aromatic rings. The molecule has 1 atom stereocenters. The molecule has 0 aliphatic rings. The molecule has 0 saturated heterocycles. The third kappa shape index (κ3) is 13.8. The van der Waals surface area contributed by atoms with E-state index in [-0.39, 0.29) is 6.61 Å². The molecule has 1 unspecified atom stereocenters. The summed E-state index contributed by atoms with van der Waals surface area (Å²) in [6.45, 7) is 3.47. The fourth-order valence-corrected chi connectivity index (χ4v) is 3.42. The quantitative estimate of drug-likeness (QED) is 0.381. The fourth-order valence-electron chi connectivity index (χ4n) is 2.54. The molecular formula is C19H38O3S. The molecule has 23 heavy (non-hydrogen) atoms. The molecule has 3 nitrogen and oxygen atoms in total. The van der Waals surface area contributed by atoms with Crippen LogP contribution in [0.5, 0.6) is 0 Å². The lowest BCUT2D eigenvalue weighted by Gasteiger charge is -2.04. The summed E-state index contributed by atoms with van der Waals surface area (Å²) in [7, 11) is -3.26. The summed E-state index contributed by atoms with van der Waals surface area (Å²) in [6, 6.07) is 0. The summed E-state index contributed by atoms with van der Waals surface area (Å²) in [5.41, 5.74) is 0. The molecule has 0 radical (unpaired) electrons. The predicted molar refractivity (Wildman–Crippen MR) is 100 cm³/mol. The van der Waals surface area contributed by atoms with Gasteiger partial charge < -0.3 is 5.11 Å². The highest BCUT2D eigenvalue weighted by atomic mass is 32.2. The first-order valence-electron chi connectivity index (χ1n) is 9.56. The summed E-state index contributed by atoms with van der Waals surface area (Å²) in [5, 5.41) is 9.45. The van der Waals surface area contributed by atoms with Crippen molar-refractivity contribution in [2.75, 3.05) is 6.61 Å². The van der Waals surface area contributed by atoms with Crippen LogP contribution in [0.3, 0.4) is 0 Å². The Bertz CT molecular complexity index is 374. The maximum Gasteiger partial charge on any atom is 0.176 e. The van der Waals surface area contributed by atoms with Crippen molar-refractivity contribution in [3.8, 4) is 0 Å². The van der Waals surface area contributed by atoms with E-state index in [4.69, 9.17) is 5.11 Å². The minimum absolute atomic E-state index is 0.314. The van der Waals surface area contributed by atoms with Crippen LogP contribution >= 0.6 is 0 Å². The smallest absolute Gasteiger partial charge is 0.176 e. The molecule has 4 heteroatoms. The van der Waals surface area contributed by atoms with E-state index in [0.717, 1.165) is 12.8 Å². The van der Waals surface area contributed by atoms with Crippen LogP contribution in [0.4, 0.5) is 0 Å². The van der Waals surface area contributed by atoms with Gasteiger partial charge in [0.15, 0.2) is 9.84 Å². The van der Waals surface area contributed by atoms with Gasteiger partial charge in [0.2, 0.25) is 0 Å². The second kappa shape index (κ2) is 15.2. The van der Waals surface area contributed by atoms with Crippen LogP contribution in [0, 0.1) is 0 Å². The number of aliphatic hydroxyl groups is 1. The second-order valence-electron chi connectivity index (χ2n) is 6.63. The van der Waals surface area contributed by atoms with Gasteiger partial charge in [-0.1, -0.05) is 83.6 Å². The number of sulfone groups is 1. The molecule has 0 fully saturated rings. The summed E-state index contributed by atoms with van der Waals surface area (Å²) >= 11 is 0. The molecular weight excluding hydrogens is 308 g/mol. The summed E-state index contributed by atoms with van der Waals surface area (Å²) in [6.07, 6.45) is 18.3. The molecule has 0 aromatic carbocycles. The Hall–Kier alpha value is -0.350. The minimum atomic E-state index is -3.26. The van der Waals surface area contributed by atoms with Crippen molar-refractivity contribution in [2.24, 2.45) is 0 Å². The lowest BCUT2D eigenvalue weighted by molar-refractivity contribution is 0.296. The van der Waals surface area contributed by atoms with Gasteiger partial charge in [-0.25, -0.2) is 8.42 Å². The van der Waals surface area contributed by atoms with Gasteiger partial charge in [-0.2, -0.15) is 0 Å². The van der Waals surface area contributed by atoms with Crippen LogP contribution in [0.1, 0.15) is 97.3 Å². The van der Waals surface area contributed by atoms with Crippen LogP contribution in [0.2, 0.25) is 0 Å². The van der Waals surface area contributed by atoms with Crippen LogP contribution in [0.25, 0.3) is 0 Å². The first-order chi connectivity index (χ1) is 11.0. The highest BCUT2D eigenvalue weighted by molar-refractivity contribution is 7.94. The normalized spacial score (nSPS) is 13.7. The van der Waals surface area contributed by atoms with Crippen molar-refractivity contribution in [1.82, 2.24) is 0 Å². The van der Waals surface area contributed by atoms with Crippen molar-refractivity contribution in [3.05, 3.63) is 11.5 Å². The molecule has 0 aromatic heterocycles. The van der Waals surface area contributed by atoms with E-state index in [1.165, 1.54) is 83.0 Å². The zero-order valence-electron chi connectivity index (χ0n) is 15.3. The average Bonchev–Trinajstić information content (AvgIpc) is 2.54. The van der Waals surface area contributed by atoms with Crippen molar-refractivity contribution in [1.29, 1.82) is 0 Å². The van der Waals surface area contributed by atoms with E-state index in [1.807, 2.05) is 0 Å². The van der Waals surface area contributed by atoms with E-state index < -0.39 is 15.1 Å². The average molecular weight is 347 g/mol. The van der Waals surface area contributed by atoms with E-state index in [1.54, 1.807) is 6.08 Å². The number of unbranched alkanes of at least 4 members (excludes halogenated alkanes) is 12. The molecule has 0 saturated carbocycles. The van der Waals surface area contributed by atoms with Crippen molar-refractivity contribution in [3.63, 3.8) is 0 Å². The van der Waals surface area contributed by atoms with Crippen LogP contribution in [0.15, 0.2) is 11.5 Å². The highest BCUT2D eigenvalue weighted by Crippen LogP contribution is 2.13. The van der Waals surface area contributed by atoms with Crippen LogP contribution in [-0.2, 0) is 9.84 Å². The van der Waals surface area contributed by atoms with Gasteiger partial charge in [-0.05, 0) is 19.8 Å². The summed E-state index contributed by atoms with van der Waals surface area (Å²) < 4.78 is 23.3. The third-order valence-corrected chi connectivity index (χ3v) is 6.17. The van der Waals surface area contributed by atoms with Gasteiger partial charge >= 0.3 is 0 Å². The van der Waals surface area contributed by atoms with E-state index in [2.05, 4.69) is 6.92 Å². The van der Waals surface area contributed by atoms with Gasteiger partial charge in [0.25, 0.3) is 0 Å². The lowest BCUT2D eigenvalue weighted by Crippen LogP contribution is -2.18. The molecule has 0 spiro atoms. The standard InChI is InChI=1S/C19H38O3S/c1-3-4-5-6-7-8-9-10-11-12-13-14-15-16-17-23(21,22)19(2)18-20/h16-17,19-20H,3-15,18H2,1-2H3/b17-16+. The topological polar surface area (TPSA) is 54.4 Å². The van der Waals surface area contributed by atoms with E-state index in [0.29, 0.717) is 0 Å². The molecule has 0 amide bonds. The first-order valence-corrected chi connectivity index (χ1v) is 11.2. The van der Waals surface area contributed by atoms with Crippen molar-refractivity contribution < 1.29 is 13.5 Å². The molecule has 0 bridgehead atoms.